The summed E-state index contributed by atoms with van der Waals surface area (Å²) in [6, 6.07) is 5.26. The number of nitrogens with two attached hydrogens (primary N) is 1. The van der Waals surface area contributed by atoms with Crippen LogP contribution < -0.4 is 11.1 Å². The van der Waals surface area contributed by atoms with Crippen molar-refractivity contribution in [2.45, 2.75) is 19.9 Å². The van der Waals surface area contributed by atoms with E-state index in [-0.39, 0.29) is 11.9 Å². The van der Waals surface area contributed by atoms with Gasteiger partial charge in [0.25, 0.3) is 0 Å². The molecule has 0 spiro atoms. The van der Waals surface area contributed by atoms with Gasteiger partial charge in [0.05, 0.1) is 11.4 Å². The lowest BCUT2D eigenvalue weighted by Gasteiger charge is -2.22. The fraction of sp³-hybridized carbons (Fsp3) is 0.417. The summed E-state index contributed by atoms with van der Waals surface area (Å²) in [5.74, 6) is 0.0508. The molecule has 0 fully saturated rings. The van der Waals surface area contributed by atoms with Gasteiger partial charge in [0.15, 0.2) is 0 Å². The number of halogens is 1. The van der Waals surface area contributed by atoms with Gasteiger partial charge in [0.1, 0.15) is 6.04 Å². The molecule has 0 aromatic heterocycles. The number of carbonyl (C=O) groups is 1. The second-order valence-electron chi connectivity index (χ2n) is 3.95. The Morgan fingerprint density at radius 3 is 2.76 bits per heavy atom. The third kappa shape index (κ3) is 3.63. The Bertz CT molecular complexity index is 409. The van der Waals surface area contributed by atoms with Crippen molar-refractivity contribution in [1.29, 1.82) is 0 Å². The van der Waals surface area contributed by atoms with Gasteiger partial charge in [-0.1, -0.05) is 15.9 Å². The Morgan fingerprint density at radius 2 is 2.24 bits per heavy atom. The summed E-state index contributed by atoms with van der Waals surface area (Å²) in [4.78, 5) is 13.5. The van der Waals surface area contributed by atoms with E-state index in [2.05, 4.69) is 21.2 Å². The van der Waals surface area contributed by atoms with Gasteiger partial charge in [-0.2, -0.15) is 0 Å². The highest BCUT2D eigenvalue weighted by molar-refractivity contribution is 9.10. The Morgan fingerprint density at radius 1 is 1.59 bits per heavy atom. The van der Waals surface area contributed by atoms with Gasteiger partial charge in [0.2, 0.25) is 5.91 Å². The number of nitrogen functional groups attached to an aromatic ring is 1. The molecular weight excluding hydrogens is 282 g/mol. The van der Waals surface area contributed by atoms with Crippen molar-refractivity contribution in [2.24, 2.45) is 0 Å². The van der Waals surface area contributed by atoms with Gasteiger partial charge in [0, 0.05) is 18.1 Å². The molecule has 0 aliphatic carbocycles. The van der Waals surface area contributed by atoms with Crippen LogP contribution in [-0.2, 0) is 4.79 Å². The highest BCUT2D eigenvalue weighted by atomic mass is 79.9. The number of anilines is 2. The monoisotopic (exact) mass is 299 g/mol. The Kier molecular flexibility index (Phi) is 4.81. The van der Waals surface area contributed by atoms with Crippen LogP contribution in [0.25, 0.3) is 0 Å². The first-order valence-corrected chi connectivity index (χ1v) is 6.31. The summed E-state index contributed by atoms with van der Waals surface area (Å²) in [5.41, 5.74) is 7.26. The summed E-state index contributed by atoms with van der Waals surface area (Å²) in [6.45, 7) is 4.47. The highest BCUT2D eigenvalue weighted by Gasteiger charge is 2.16. The highest BCUT2D eigenvalue weighted by Crippen LogP contribution is 2.23. The fourth-order valence-electron chi connectivity index (χ4n) is 1.45. The second-order valence-corrected chi connectivity index (χ2v) is 4.87. The lowest BCUT2D eigenvalue weighted by Crippen LogP contribution is -2.38. The number of hydrogen-bond acceptors (Lipinski definition) is 3. The van der Waals surface area contributed by atoms with Gasteiger partial charge >= 0.3 is 0 Å². The minimum absolute atomic E-state index is 0.0508. The van der Waals surface area contributed by atoms with Gasteiger partial charge in [-0.25, -0.2) is 0 Å². The molecule has 3 N–H and O–H groups in total. The zero-order valence-electron chi connectivity index (χ0n) is 10.3. The summed E-state index contributed by atoms with van der Waals surface area (Å²) in [7, 11) is 1.78. The van der Waals surface area contributed by atoms with Crippen LogP contribution in [0.15, 0.2) is 22.7 Å². The molecule has 1 amide bonds. The Balaban J connectivity index is 2.74. The molecule has 0 aliphatic rings. The van der Waals surface area contributed by atoms with E-state index in [1.165, 1.54) is 0 Å². The lowest BCUT2D eigenvalue weighted by molar-refractivity contribution is -0.130. The first-order valence-electron chi connectivity index (χ1n) is 5.52. The maximum Gasteiger partial charge on any atom is 0.244 e. The van der Waals surface area contributed by atoms with E-state index in [1.807, 2.05) is 32.0 Å². The molecule has 1 atom stereocenters. The number of likely N-dealkylation sites (N-methyl/N-ethyl adjacent to an activating group) is 1. The van der Waals surface area contributed by atoms with Crippen molar-refractivity contribution >= 4 is 33.2 Å². The number of nitrogens with one attached hydrogen (secondary N) is 1. The van der Waals surface area contributed by atoms with Gasteiger partial charge in [-0.15, -0.1) is 0 Å². The molecule has 0 bridgehead atoms. The average Bonchev–Trinajstić information content (AvgIpc) is 2.30. The van der Waals surface area contributed by atoms with Crippen LogP contribution in [0.1, 0.15) is 13.8 Å². The molecule has 5 heteroatoms. The largest absolute Gasteiger partial charge is 0.397 e. The first kappa shape index (κ1) is 13.8. The van der Waals surface area contributed by atoms with Gasteiger partial charge in [-0.05, 0) is 32.0 Å². The molecule has 1 unspecified atom stereocenters. The SMILES string of the molecule is CCN(C)C(=O)C(C)Nc1ccc(Br)cc1N. The number of amides is 1. The van der Waals surface area contributed by atoms with Crippen LogP contribution in [0.4, 0.5) is 11.4 Å². The Labute approximate surface area is 110 Å². The third-order valence-electron chi connectivity index (χ3n) is 2.61. The van der Waals surface area contributed by atoms with E-state index in [1.54, 1.807) is 11.9 Å². The summed E-state index contributed by atoms with van der Waals surface area (Å²) >= 11 is 3.34. The molecule has 0 radical (unpaired) electrons. The standard InChI is InChI=1S/C12H18BrN3O/c1-4-16(3)12(17)8(2)15-11-6-5-9(13)7-10(11)14/h5-8,15H,4,14H2,1-3H3. The zero-order valence-corrected chi connectivity index (χ0v) is 11.9. The van der Waals surface area contributed by atoms with E-state index >= 15 is 0 Å². The summed E-state index contributed by atoms with van der Waals surface area (Å²) in [5, 5.41) is 3.12. The maximum absolute atomic E-state index is 11.9. The molecule has 94 valence electrons. The molecule has 4 nitrogen and oxygen atoms in total. The van der Waals surface area contributed by atoms with Crippen molar-refractivity contribution in [3.8, 4) is 0 Å². The van der Waals surface area contributed by atoms with Gasteiger partial charge < -0.3 is 16.0 Å². The molecule has 1 aromatic rings. The predicted molar refractivity (Wildman–Crippen MR) is 75.0 cm³/mol. The smallest absolute Gasteiger partial charge is 0.244 e. The van der Waals surface area contributed by atoms with Crippen LogP contribution in [0, 0.1) is 0 Å². The fourth-order valence-corrected chi connectivity index (χ4v) is 1.83. The molecule has 0 saturated heterocycles. The molecule has 0 heterocycles. The lowest BCUT2D eigenvalue weighted by atomic mass is 10.2. The topological polar surface area (TPSA) is 58.4 Å². The number of benzene rings is 1. The van der Waals surface area contributed by atoms with Crippen molar-refractivity contribution < 1.29 is 4.79 Å². The summed E-state index contributed by atoms with van der Waals surface area (Å²) < 4.78 is 0.921. The van der Waals surface area contributed by atoms with E-state index in [9.17, 15) is 4.79 Å². The number of rotatable bonds is 4. The number of hydrogen-bond donors (Lipinski definition) is 2. The molecule has 0 saturated carbocycles. The van der Waals surface area contributed by atoms with Crippen molar-refractivity contribution in [3.05, 3.63) is 22.7 Å². The molecule has 0 aliphatic heterocycles. The van der Waals surface area contributed by atoms with Crippen molar-refractivity contribution in [3.63, 3.8) is 0 Å². The van der Waals surface area contributed by atoms with Crippen LogP contribution >= 0.6 is 15.9 Å². The summed E-state index contributed by atoms with van der Waals surface area (Å²) in [6.07, 6.45) is 0. The van der Waals surface area contributed by atoms with Crippen molar-refractivity contribution in [1.82, 2.24) is 4.90 Å². The average molecular weight is 300 g/mol. The van der Waals surface area contributed by atoms with E-state index in [4.69, 9.17) is 5.73 Å². The van der Waals surface area contributed by atoms with E-state index in [0.717, 1.165) is 10.2 Å². The zero-order chi connectivity index (χ0) is 13.0. The molecule has 17 heavy (non-hydrogen) atoms. The quantitative estimate of drug-likeness (QED) is 0.839. The second kappa shape index (κ2) is 5.91. The maximum atomic E-state index is 11.9. The van der Waals surface area contributed by atoms with E-state index in [0.29, 0.717) is 12.2 Å². The van der Waals surface area contributed by atoms with Crippen LogP contribution in [0.3, 0.4) is 0 Å². The minimum Gasteiger partial charge on any atom is -0.397 e. The van der Waals surface area contributed by atoms with E-state index < -0.39 is 0 Å². The Hall–Kier alpha value is -1.23. The van der Waals surface area contributed by atoms with Crippen LogP contribution in [-0.4, -0.2) is 30.4 Å². The first-order chi connectivity index (χ1) is 7.95. The van der Waals surface area contributed by atoms with Crippen LogP contribution in [0.2, 0.25) is 0 Å². The number of nitrogens with zero attached hydrogens (tertiary/aromatic N) is 1. The molecular formula is C12H18BrN3O. The third-order valence-corrected chi connectivity index (χ3v) is 3.10. The molecule has 1 aromatic carbocycles. The van der Waals surface area contributed by atoms with Crippen LogP contribution in [0.5, 0.6) is 0 Å². The van der Waals surface area contributed by atoms with Gasteiger partial charge in [-0.3, -0.25) is 4.79 Å². The minimum atomic E-state index is -0.288. The predicted octanol–water partition coefficient (Wildman–Crippen LogP) is 2.31. The molecule has 1 rings (SSSR count). The number of carbonyl (C=O) groups excluding carboxylic acids is 1. The van der Waals surface area contributed by atoms with Crippen molar-refractivity contribution in [2.75, 3.05) is 24.6 Å². The normalized spacial score (nSPS) is 12.0.